The molecule has 3 aromatic rings. The molecule has 1 aliphatic heterocycles. The van der Waals surface area contributed by atoms with E-state index in [0.717, 1.165) is 5.56 Å². The fourth-order valence-corrected chi connectivity index (χ4v) is 4.10. The van der Waals surface area contributed by atoms with Gasteiger partial charge in [-0.05, 0) is 13.0 Å². The molecule has 1 aromatic heterocycles. The van der Waals surface area contributed by atoms with E-state index in [9.17, 15) is 19.9 Å². The normalized spacial score (nSPS) is 14.5. The minimum Gasteiger partial charge on any atom is -0.478 e. The van der Waals surface area contributed by atoms with E-state index in [0.29, 0.717) is 59.9 Å². The lowest BCUT2D eigenvalue weighted by Crippen LogP contribution is -2.52. The summed E-state index contributed by atoms with van der Waals surface area (Å²) >= 11 is 0. The number of carboxylic acids is 1. The molecule has 1 fully saturated rings. The van der Waals surface area contributed by atoms with Crippen molar-refractivity contribution in [3.05, 3.63) is 65.7 Å². The largest absolute Gasteiger partial charge is 0.478 e. The van der Waals surface area contributed by atoms with E-state index in [1.165, 1.54) is 0 Å². The van der Waals surface area contributed by atoms with Crippen LogP contribution in [0.4, 0.5) is 4.79 Å². The minimum absolute atomic E-state index is 0.226. The molecule has 1 saturated heterocycles. The monoisotopic (exact) mass is 434 g/mol. The zero-order chi connectivity index (χ0) is 22.7. The summed E-state index contributed by atoms with van der Waals surface area (Å²) in [6.45, 7) is 4.40. The molecule has 0 bridgehead atoms. The van der Waals surface area contributed by atoms with E-state index >= 15 is 0 Å². The standard InChI is InChI=1S/C24H26N4O4/c1-2-28(32)24(31)27-14-12-26(13-15-27)16-19-21(23(29)30)18-10-6-7-11-20(18)25-22(19)17-8-4-3-5-9-17/h3-11,32H,2,12-16H2,1H3,(H,29,30). The Balaban J connectivity index is 1.70. The number of benzene rings is 2. The Hall–Kier alpha value is -3.49. The van der Waals surface area contributed by atoms with Crippen molar-refractivity contribution in [1.82, 2.24) is 19.8 Å². The number of hydroxylamine groups is 2. The van der Waals surface area contributed by atoms with Crippen LogP contribution in [0.3, 0.4) is 0 Å². The molecule has 0 spiro atoms. The molecule has 32 heavy (non-hydrogen) atoms. The van der Waals surface area contributed by atoms with E-state index in [-0.39, 0.29) is 12.1 Å². The first-order valence-electron chi connectivity index (χ1n) is 10.7. The first-order chi connectivity index (χ1) is 15.5. The molecule has 0 unspecified atom stereocenters. The molecule has 8 heteroatoms. The van der Waals surface area contributed by atoms with Crippen molar-refractivity contribution in [3.63, 3.8) is 0 Å². The van der Waals surface area contributed by atoms with Crippen LogP contribution in [-0.4, -0.2) is 74.9 Å². The summed E-state index contributed by atoms with van der Waals surface area (Å²) in [7, 11) is 0. The maximum absolute atomic E-state index is 12.4. The van der Waals surface area contributed by atoms with Gasteiger partial charge in [-0.3, -0.25) is 10.1 Å². The topological polar surface area (TPSA) is 97.2 Å². The summed E-state index contributed by atoms with van der Waals surface area (Å²) < 4.78 is 0. The number of carbonyl (C=O) groups is 2. The molecular weight excluding hydrogens is 408 g/mol. The van der Waals surface area contributed by atoms with Crippen LogP contribution in [0.5, 0.6) is 0 Å². The fraction of sp³-hybridized carbons (Fsp3) is 0.292. The third-order valence-electron chi connectivity index (χ3n) is 5.80. The first kappa shape index (κ1) is 21.7. The molecule has 1 aliphatic rings. The predicted molar refractivity (Wildman–Crippen MR) is 121 cm³/mol. The molecule has 4 rings (SSSR count). The highest BCUT2D eigenvalue weighted by Gasteiger charge is 2.27. The number of para-hydroxylation sites is 1. The van der Waals surface area contributed by atoms with Crippen LogP contribution in [0.15, 0.2) is 54.6 Å². The number of hydrogen-bond donors (Lipinski definition) is 2. The van der Waals surface area contributed by atoms with E-state index in [1.807, 2.05) is 48.5 Å². The predicted octanol–water partition coefficient (Wildman–Crippen LogP) is 3.55. The Bertz CT molecular complexity index is 1130. The lowest BCUT2D eigenvalue weighted by atomic mass is 9.96. The Morgan fingerprint density at radius 1 is 1.00 bits per heavy atom. The number of aromatic nitrogens is 1. The average molecular weight is 434 g/mol. The number of carboxylic acid groups (broad SMARTS) is 1. The number of pyridine rings is 1. The van der Waals surface area contributed by atoms with Crippen molar-refractivity contribution in [2.45, 2.75) is 13.5 Å². The molecule has 2 heterocycles. The van der Waals surface area contributed by atoms with Crippen LogP contribution in [0.25, 0.3) is 22.2 Å². The SMILES string of the molecule is CCN(O)C(=O)N1CCN(Cc2c(-c3ccccc3)nc3ccccc3c2C(=O)O)CC1. The van der Waals surface area contributed by atoms with Crippen LogP contribution in [0, 0.1) is 0 Å². The van der Waals surface area contributed by atoms with E-state index in [2.05, 4.69) is 4.90 Å². The fourth-order valence-electron chi connectivity index (χ4n) is 4.10. The molecule has 8 nitrogen and oxygen atoms in total. The Morgan fingerprint density at radius 2 is 1.66 bits per heavy atom. The average Bonchev–Trinajstić information content (AvgIpc) is 2.83. The van der Waals surface area contributed by atoms with Crippen LogP contribution in [-0.2, 0) is 6.54 Å². The molecule has 2 N–H and O–H groups in total. The number of amides is 2. The number of rotatable bonds is 5. The lowest BCUT2D eigenvalue weighted by molar-refractivity contribution is -0.0561. The quantitative estimate of drug-likeness (QED) is 0.471. The third kappa shape index (κ3) is 4.28. The van der Waals surface area contributed by atoms with Crippen LogP contribution >= 0.6 is 0 Å². The van der Waals surface area contributed by atoms with Gasteiger partial charge in [0.2, 0.25) is 0 Å². The Kier molecular flexibility index (Phi) is 6.34. The van der Waals surface area contributed by atoms with Gasteiger partial charge in [0.15, 0.2) is 0 Å². The van der Waals surface area contributed by atoms with Crippen LogP contribution in [0.2, 0.25) is 0 Å². The molecule has 2 amide bonds. The van der Waals surface area contributed by atoms with E-state index in [4.69, 9.17) is 4.98 Å². The summed E-state index contributed by atoms with van der Waals surface area (Å²) in [6.07, 6.45) is 0. The van der Waals surface area contributed by atoms with Crippen LogP contribution in [0.1, 0.15) is 22.8 Å². The summed E-state index contributed by atoms with van der Waals surface area (Å²) in [6, 6.07) is 16.5. The number of fused-ring (bicyclic) bond motifs is 1. The number of hydrogen-bond acceptors (Lipinski definition) is 5. The number of urea groups is 1. The second-order valence-electron chi connectivity index (χ2n) is 7.76. The van der Waals surface area contributed by atoms with Gasteiger partial charge < -0.3 is 10.0 Å². The number of nitrogens with zero attached hydrogens (tertiary/aromatic N) is 4. The number of aromatic carboxylic acids is 1. The van der Waals surface area contributed by atoms with Gasteiger partial charge >= 0.3 is 12.0 Å². The highest BCUT2D eigenvalue weighted by molar-refractivity contribution is 6.05. The molecule has 166 valence electrons. The Morgan fingerprint density at radius 3 is 2.31 bits per heavy atom. The first-order valence-corrected chi connectivity index (χ1v) is 10.7. The summed E-state index contributed by atoms with van der Waals surface area (Å²) in [5, 5.41) is 21.2. The summed E-state index contributed by atoms with van der Waals surface area (Å²) in [5.74, 6) is -0.983. The Labute approximate surface area is 186 Å². The van der Waals surface area contributed by atoms with E-state index in [1.54, 1.807) is 17.9 Å². The maximum Gasteiger partial charge on any atom is 0.343 e. The number of carbonyl (C=O) groups excluding carboxylic acids is 1. The lowest BCUT2D eigenvalue weighted by Gasteiger charge is -2.36. The van der Waals surface area contributed by atoms with Crippen molar-refractivity contribution >= 4 is 22.9 Å². The molecule has 0 aliphatic carbocycles. The highest BCUT2D eigenvalue weighted by atomic mass is 16.5. The molecule has 2 aromatic carbocycles. The number of piperazine rings is 1. The van der Waals surface area contributed by atoms with Gasteiger partial charge in [0.25, 0.3) is 0 Å². The van der Waals surface area contributed by atoms with Crippen molar-refractivity contribution in [1.29, 1.82) is 0 Å². The summed E-state index contributed by atoms with van der Waals surface area (Å²) in [5.41, 5.74) is 3.10. The second-order valence-corrected chi connectivity index (χ2v) is 7.76. The smallest absolute Gasteiger partial charge is 0.343 e. The van der Waals surface area contributed by atoms with Gasteiger partial charge in [0, 0.05) is 55.8 Å². The second kappa shape index (κ2) is 9.33. The van der Waals surface area contributed by atoms with Gasteiger partial charge in [0.1, 0.15) is 0 Å². The molecule has 0 radical (unpaired) electrons. The zero-order valence-corrected chi connectivity index (χ0v) is 17.9. The van der Waals surface area contributed by atoms with Crippen LogP contribution < -0.4 is 0 Å². The summed E-state index contributed by atoms with van der Waals surface area (Å²) in [4.78, 5) is 33.2. The molecular formula is C24H26N4O4. The van der Waals surface area contributed by atoms with Gasteiger partial charge in [-0.1, -0.05) is 48.5 Å². The van der Waals surface area contributed by atoms with Gasteiger partial charge in [-0.25, -0.2) is 19.6 Å². The van der Waals surface area contributed by atoms with Gasteiger partial charge in [0.05, 0.1) is 16.8 Å². The highest BCUT2D eigenvalue weighted by Crippen LogP contribution is 2.31. The molecule has 0 saturated carbocycles. The van der Waals surface area contributed by atoms with Crippen molar-refractivity contribution in [2.75, 3.05) is 32.7 Å². The van der Waals surface area contributed by atoms with Crippen molar-refractivity contribution < 1.29 is 19.9 Å². The van der Waals surface area contributed by atoms with Gasteiger partial charge in [-0.15, -0.1) is 0 Å². The maximum atomic E-state index is 12.4. The van der Waals surface area contributed by atoms with Gasteiger partial charge in [-0.2, -0.15) is 0 Å². The van der Waals surface area contributed by atoms with Crippen molar-refractivity contribution in [2.24, 2.45) is 0 Å². The minimum atomic E-state index is -0.983. The zero-order valence-electron chi connectivity index (χ0n) is 17.9. The van der Waals surface area contributed by atoms with E-state index < -0.39 is 12.0 Å². The molecule has 0 atom stereocenters. The van der Waals surface area contributed by atoms with Crippen molar-refractivity contribution in [3.8, 4) is 11.3 Å². The third-order valence-corrected chi connectivity index (χ3v) is 5.80.